The van der Waals surface area contributed by atoms with Gasteiger partial charge in [0.05, 0.1) is 44.3 Å². The quantitative estimate of drug-likeness (QED) is 0.178. The van der Waals surface area contributed by atoms with Crippen LogP contribution >= 0.6 is 11.3 Å². The first kappa shape index (κ1) is 33.3. The molecule has 13 aromatic rings. The predicted molar refractivity (Wildman–Crippen MR) is 256 cm³/mol. The highest BCUT2D eigenvalue weighted by Crippen LogP contribution is 2.49. The molecule has 3 nitrogen and oxygen atoms in total. The lowest BCUT2D eigenvalue weighted by Crippen LogP contribution is -1.99. The number of benzene rings is 10. The van der Waals surface area contributed by atoms with Gasteiger partial charge in [-0.25, -0.2) is 4.98 Å². The molecule has 0 spiro atoms. The van der Waals surface area contributed by atoms with E-state index in [0.29, 0.717) is 0 Å². The van der Waals surface area contributed by atoms with Crippen molar-refractivity contribution in [1.29, 1.82) is 0 Å². The summed E-state index contributed by atoms with van der Waals surface area (Å²) in [4.78, 5) is 9.94. The van der Waals surface area contributed by atoms with Gasteiger partial charge in [-0.15, -0.1) is 11.3 Å². The van der Waals surface area contributed by atoms with Gasteiger partial charge >= 0.3 is 0 Å². The zero-order valence-corrected chi connectivity index (χ0v) is 33.1. The summed E-state index contributed by atoms with van der Waals surface area (Å²) in [6.07, 6.45) is 1.91. The molecule has 0 amide bonds. The molecule has 0 aliphatic carbocycles. The number of nitrogens with zero attached hydrogens (tertiary/aromatic N) is 3. The van der Waals surface area contributed by atoms with E-state index in [9.17, 15) is 0 Å². The number of rotatable bonds is 4. The van der Waals surface area contributed by atoms with E-state index in [1.807, 2.05) is 41.8 Å². The van der Waals surface area contributed by atoms with E-state index in [1.54, 1.807) is 0 Å². The van der Waals surface area contributed by atoms with E-state index < -0.39 is 0 Å². The maximum atomic E-state index is 5.12. The van der Waals surface area contributed by atoms with Crippen LogP contribution in [0.5, 0.6) is 0 Å². The molecule has 3 heterocycles. The van der Waals surface area contributed by atoms with Gasteiger partial charge in [0.15, 0.2) is 0 Å². The maximum Gasteiger partial charge on any atom is 0.0894 e. The van der Waals surface area contributed by atoms with Gasteiger partial charge in [0.1, 0.15) is 0 Å². The van der Waals surface area contributed by atoms with Crippen molar-refractivity contribution in [2.24, 2.45) is 0 Å². The van der Waals surface area contributed by atoms with Crippen LogP contribution in [0.4, 0.5) is 0 Å². The second kappa shape index (κ2) is 12.9. The molecule has 0 aliphatic heterocycles. The second-order valence-electron chi connectivity index (χ2n) is 15.7. The van der Waals surface area contributed by atoms with E-state index in [-0.39, 0.29) is 0 Å². The van der Waals surface area contributed by atoms with Gasteiger partial charge in [-0.1, -0.05) is 140 Å². The summed E-state index contributed by atoms with van der Waals surface area (Å²) >= 11 is 1.91. The molecule has 0 aliphatic rings. The third-order valence-electron chi connectivity index (χ3n) is 12.4. The molecule has 0 fully saturated rings. The Kier molecular flexibility index (Phi) is 7.18. The van der Waals surface area contributed by atoms with Crippen molar-refractivity contribution in [3.05, 3.63) is 200 Å². The zero-order chi connectivity index (χ0) is 39.3. The van der Waals surface area contributed by atoms with Crippen LogP contribution < -0.4 is 0 Å². The van der Waals surface area contributed by atoms with Gasteiger partial charge in [-0.2, -0.15) is 0 Å². The predicted octanol–water partition coefficient (Wildman–Crippen LogP) is 15.6. The first-order valence-corrected chi connectivity index (χ1v) is 21.2. The molecule has 0 atom stereocenters. The van der Waals surface area contributed by atoms with Crippen LogP contribution in [-0.2, 0) is 0 Å². The molecule has 3 aromatic heterocycles. The Morgan fingerprint density at radius 3 is 1.88 bits per heavy atom. The first-order chi connectivity index (χ1) is 29.7. The molecular formula is C56H33N3S. The summed E-state index contributed by atoms with van der Waals surface area (Å²) in [7, 11) is 0. The molecule has 4 heteroatoms. The highest BCUT2D eigenvalue weighted by Gasteiger charge is 2.24. The number of fused-ring (bicyclic) bond motifs is 13. The third kappa shape index (κ3) is 5.01. The van der Waals surface area contributed by atoms with Crippen molar-refractivity contribution in [3.8, 4) is 39.2 Å². The Morgan fingerprint density at radius 2 is 1.05 bits per heavy atom. The fourth-order valence-corrected chi connectivity index (χ4v) is 10.8. The summed E-state index contributed by atoms with van der Waals surface area (Å²) in [6, 6.07) is 70.7. The van der Waals surface area contributed by atoms with E-state index in [4.69, 9.17) is 9.97 Å². The average Bonchev–Trinajstić information content (AvgIpc) is 3.86. The minimum absolute atomic E-state index is 0.849. The fourth-order valence-electron chi connectivity index (χ4n) is 9.55. The van der Waals surface area contributed by atoms with E-state index >= 15 is 0 Å². The summed E-state index contributed by atoms with van der Waals surface area (Å²) in [5, 5.41) is 12.6. The van der Waals surface area contributed by atoms with Crippen LogP contribution in [0, 0.1) is 0 Å². The molecule has 0 unspecified atom stereocenters. The SMILES string of the molecule is c1ccc(-c2ccc3cc(-c4cc(-c5cnc6ccccc6n5)ccc4-n4c5ccccc5c5c6ccccc6c6c7cc8ccccc8cc7sc6c54)ccc3c2)cc1. The van der Waals surface area contributed by atoms with Crippen molar-refractivity contribution in [2.75, 3.05) is 0 Å². The minimum Gasteiger partial charge on any atom is -0.307 e. The largest absolute Gasteiger partial charge is 0.307 e. The molecule has 0 N–H and O–H groups in total. The lowest BCUT2D eigenvalue weighted by atomic mass is 9.95. The Morgan fingerprint density at radius 1 is 0.417 bits per heavy atom. The molecule has 13 rings (SSSR count). The van der Waals surface area contributed by atoms with Gasteiger partial charge < -0.3 is 4.57 Å². The van der Waals surface area contributed by atoms with Crippen LogP contribution in [0.1, 0.15) is 0 Å². The zero-order valence-electron chi connectivity index (χ0n) is 32.3. The highest BCUT2D eigenvalue weighted by atomic mass is 32.1. The van der Waals surface area contributed by atoms with E-state index in [1.165, 1.54) is 85.4 Å². The molecule has 278 valence electrons. The fraction of sp³-hybridized carbons (Fsp3) is 0. The minimum atomic E-state index is 0.849. The van der Waals surface area contributed by atoms with Gasteiger partial charge in [-0.3, -0.25) is 4.98 Å². The van der Waals surface area contributed by atoms with Crippen molar-refractivity contribution in [1.82, 2.24) is 14.5 Å². The molecule has 60 heavy (non-hydrogen) atoms. The monoisotopic (exact) mass is 779 g/mol. The lowest BCUT2D eigenvalue weighted by Gasteiger charge is -2.17. The van der Waals surface area contributed by atoms with Crippen LogP contribution in [0.2, 0.25) is 0 Å². The molecule has 0 saturated heterocycles. The topological polar surface area (TPSA) is 30.7 Å². The number of hydrogen-bond acceptors (Lipinski definition) is 3. The van der Waals surface area contributed by atoms with Crippen molar-refractivity contribution >= 4 is 96.7 Å². The van der Waals surface area contributed by atoms with Crippen molar-refractivity contribution in [3.63, 3.8) is 0 Å². The van der Waals surface area contributed by atoms with Crippen LogP contribution in [-0.4, -0.2) is 14.5 Å². The number of aromatic nitrogens is 3. The second-order valence-corrected chi connectivity index (χ2v) is 16.8. The average molecular weight is 780 g/mol. The first-order valence-electron chi connectivity index (χ1n) is 20.4. The van der Waals surface area contributed by atoms with Crippen LogP contribution in [0.3, 0.4) is 0 Å². The normalized spacial score (nSPS) is 12.0. The Hall–Kier alpha value is -7.66. The smallest absolute Gasteiger partial charge is 0.0894 e. The standard InChI is InChI=1S/C56H33N3S/c1-2-12-34(13-3-1)37-22-23-39-29-40(25-24-38(39)28-37)45-31-41(49-33-57-47-19-9-10-20-48(47)58-49)26-27-51(45)59-50-21-11-8-18-44(50)53-42-16-6-7-17-43(42)54-46-30-35-14-4-5-15-36(35)32-52(46)60-56(54)55(53)59/h1-33H. The Balaban J connectivity index is 1.13. The summed E-state index contributed by atoms with van der Waals surface area (Å²) in [5.41, 5.74) is 11.9. The van der Waals surface area contributed by atoms with Gasteiger partial charge in [-0.05, 0) is 104 Å². The maximum absolute atomic E-state index is 5.12. The van der Waals surface area contributed by atoms with Gasteiger partial charge in [0.2, 0.25) is 0 Å². The third-order valence-corrected chi connectivity index (χ3v) is 13.5. The van der Waals surface area contributed by atoms with Crippen LogP contribution in [0.25, 0.3) is 125 Å². The van der Waals surface area contributed by atoms with Crippen molar-refractivity contribution in [2.45, 2.75) is 0 Å². The summed E-state index contributed by atoms with van der Waals surface area (Å²) < 4.78 is 5.14. The summed E-state index contributed by atoms with van der Waals surface area (Å²) in [6.45, 7) is 0. The highest BCUT2D eigenvalue weighted by molar-refractivity contribution is 7.27. The van der Waals surface area contributed by atoms with E-state index in [0.717, 1.165) is 39.1 Å². The van der Waals surface area contributed by atoms with Gasteiger partial charge in [0, 0.05) is 37.4 Å². The number of para-hydroxylation sites is 3. The number of hydrogen-bond donors (Lipinski definition) is 0. The molecule has 0 saturated carbocycles. The Bertz CT molecular complexity index is 3900. The number of thiophene rings is 1. The van der Waals surface area contributed by atoms with Crippen LogP contribution in [0.15, 0.2) is 200 Å². The van der Waals surface area contributed by atoms with E-state index in [2.05, 4.69) is 174 Å². The Labute approximate surface area is 349 Å². The molecule has 0 radical (unpaired) electrons. The summed E-state index contributed by atoms with van der Waals surface area (Å²) in [5.74, 6) is 0. The molecule has 10 aromatic carbocycles. The lowest BCUT2D eigenvalue weighted by molar-refractivity contribution is 1.19. The molecular weight excluding hydrogens is 747 g/mol. The van der Waals surface area contributed by atoms with Crippen molar-refractivity contribution < 1.29 is 0 Å². The molecule has 0 bridgehead atoms. The van der Waals surface area contributed by atoms with Gasteiger partial charge in [0.25, 0.3) is 0 Å².